The summed E-state index contributed by atoms with van der Waals surface area (Å²) < 4.78 is 17.2. The Morgan fingerprint density at radius 3 is 2.38 bits per heavy atom. The van der Waals surface area contributed by atoms with Gasteiger partial charge in [-0.2, -0.15) is 5.10 Å². The number of ether oxygens (including phenoxy) is 3. The van der Waals surface area contributed by atoms with Gasteiger partial charge in [-0.25, -0.2) is 9.48 Å². The van der Waals surface area contributed by atoms with Gasteiger partial charge in [-0.05, 0) is 36.8 Å². The smallest absolute Gasteiger partial charge is 0.407 e. The second kappa shape index (κ2) is 10.9. The molecule has 9 nitrogen and oxygen atoms in total. The van der Waals surface area contributed by atoms with Crippen LogP contribution in [0.5, 0.6) is 11.5 Å². The summed E-state index contributed by atoms with van der Waals surface area (Å²) in [5.41, 5.74) is 2.44. The molecule has 0 unspecified atom stereocenters. The number of benzene rings is 2. The third-order valence-electron chi connectivity index (χ3n) is 4.60. The number of aromatic nitrogens is 2. The highest BCUT2D eigenvalue weighted by molar-refractivity contribution is 5.99. The molecule has 0 spiro atoms. The number of nitrogens with zero attached hydrogens (tertiary/aromatic N) is 2. The summed E-state index contributed by atoms with van der Waals surface area (Å²) in [5, 5.41) is 9.86. The fourth-order valence-electron chi connectivity index (χ4n) is 3.08. The number of methoxy groups -OCH3 is 2. The first-order chi connectivity index (χ1) is 15.6. The Labute approximate surface area is 186 Å². The molecule has 0 aliphatic heterocycles. The minimum absolute atomic E-state index is 0.223. The Balaban J connectivity index is 1.88. The Kier molecular flexibility index (Phi) is 7.69. The van der Waals surface area contributed by atoms with Gasteiger partial charge in [-0.15, -0.1) is 0 Å². The summed E-state index contributed by atoms with van der Waals surface area (Å²) in [6, 6.07) is 14.9. The Morgan fingerprint density at radius 2 is 1.69 bits per heavy atom. The molecule has 3 aromatic rings. The van der Waals surface area contributed by atoms with Crippen LogP contribution in [-0.2, 0) is 4.74 Å². The lowest BCUT2D eigenvalue weighted by Crippen LogP contribution is -2.35. The molecule has 2 N–H and O–H groups in total. The van der Waals surface area contributed by atoms with Gasteiger partial charge >= 0.3 is 6.09 Å². The van der Waals surface area contributed by atoms with Gasteiger partial charge in [0.25, 0.3) is 5.91 Å². The average molecular weight is 438 g/mol. The van der Waals surface area contributed by atoms with Crippen LogP contribution >= 0.6 is 0 Å². The Morgan fingerprint density at radius 1 is 0.969 bits per heavy atom. The molecule has 0 atom stereocenters. The van der Waals surface area contributed by atoms with E-state index in [0.29, 0.717) is 17.1 Å². The summed E-state index contributed by atoms with van der Waals surface area (Å²) in [5.74, 6) is 0.764. The van der Waals surface area contributed by atoms with Gasteiger partial charge in [-0.1, -0.05) is 24.3 Å². The molecule has 0 aliphatic carbocycles. The van der Waals surface area contributed by atoms with Gasteiger partial charge < -0.3 is 24.8 Å². The molecule has 1 aromatic heterocycles. The number of carbonyl (C=O) groups excluding carboxylic acids is 2. The van der Waals surface area contributed by atoms with Crippen LogP contribution in [0.15, 0.2) is 54.7 Å². The SMILES string of the molecule is CCOC(=O)NCCNC(=O)c1nn(-c2ccccc2)cc1-c1ccc(OC)c(OC)c1. The van der Waals surface area contributed by atoms with Gasteiger partial charge in [0.05, 0.1) is 26.5 Å². The zero-order valence-corrected chi connectivity index (χ0v) is 18.3. The minimum Gasteiger partial charge on any atom is -0.493 e. The third-order valence-corrected chi connectivity index (χ3v) is 4.60. The van der Waals surface area contributed by atoms with Crippen molar-refractivity contribution in [3.63, 3.8) is 0 Å². The molecule has 1 heterocycles. The van der Waals surface area contributed by atoms with E-state index in [-0.39, 0.29) is 31.3 Å². The van der Waals surface area contributed by atoms with Crippen molar-refractivity contribution in [1.82, 2.24) is 20.4 Å². The quantitative estimate of drug-likeness (QED) is 0.498. The van der Waals surface area contributed by atoms with Crippen LogP contribution in [0.3, 0.4) is 0 Å². The zero-order chi connectivity index (χ0) is 22.9. The molecule has 2 amide bonds. The molecule has 2 aromatic carbocycles. The van der Waals surface area contributed by atoms with Crippen LogP contribution in [0.2, 0.25) is 0 Å². The average Bonchev–Trinajstić information content (AvgIpc) is 3.27. The van der Waals surface area contributed by atoms with Gasteiger partial charge in [0, 0.05) is 24.8 Å². The van der Waals surface area contributed by atoms with E-state index in [1.54, 1.807) is 44.2 Å². The van der Waals surface area contributed by atoms with Crippen molar-refractivity contribution in [3.8, 4) is 28.3 Å². The third kappa shape index (κ3) is 5.37. The van der Waals surface area contributed by atoms with E-state index in [1.807, 2.05) is 36.4 Å². The fraction of sp³-hybridized carbons (Fsp3) is 0.261. The van der Waals surface area contributed by atoms with Crippen molar-refractivity contribution in [2.45, 2.75) is 6.92 Å². The van der Waals surface area contributed by atoms with E-state index in [0.717, 1.165) is 11.3 Å². The molecule has 0 aliphatic rings. The van der Waals surface area contributed by atoms with Gasteiger partial charge in [0.2, 0.25) is 0 Å². The van der Waals surface area contributed by atoms with Gasteiger partial charge in [0.1, 0.15) is 0 Å². The molecule has 0 saturated carbocycles. The summed E-state index contributed by atoms with van der Waals surface area (Å²) >= 11 is 0. The molecule has 0 bridgehead atoms. The first-order valence-electron chi connectivity index (χ1n) is 10.1. The number of nitrogens with one attached hydrogen (secondary N) is 2. The van der Waals surface area contributed by atoms with Crippen LogP contribution in [-0.4, -0.2) is 55.7 Å². The van der Waals surface area contributed by atoms with Gasteiger partial charge in [-0.3, -0.25) is 4.79 Å². The number of rotatable bonds is 9. The predicted octanol–water partition coefficient (Wildman–Crippen LogP) is 3.03. The number of carbonyl (C=O) groups is 2. The standard InChI is InChI=1S/C23H26N4O5/c1-4-32-23(29)25-13-12-24-22(28)21-18(15-27(26-21)17-8-6-5-7-9-17)16-10-11-19(30-2)20(14-16)31-3/h5-11,14-15H,4,12-13H2,1-3H3,(H,24,28)(H,25,29). The van der Waals surface area contributed by atoms with Crippen molar-refractivity contribution in [2.24, 2.45) is 0 Å². The normalized spacial score (nSPS) is 10.3. The second-order valence-electron chi connectivity index (χ2n) is 6.64. The first-order valence-corrected chi connectivity index (χ1v) is 10.1. The zero-order valence-electron chi connectivity index (χ0n) is 18.3. The first kappa shape index (κ1) is 22.7. The second-order valence-corrected chi connectivity index (χ2v) is 6.64. The topological polar surface area (TPSA) is 104 Å². The van der Waals surface area contributed by atoms with Gasteiger partial charge in [0.15, 0.2) is 17.2 Å². The maximum atomic E-state index is 12.9. The molecule has 9 heteroatoms. The molecule has 3 rings (SSSR count). The lowest BCUT2D eigenvalue weighted by atomic mass is 10.1. The molecule has 168 valence electrons. The largest absolute Gasteiger partial charge is 0.493 e. The number of alkyl carbamates (subject to hydrolysis) is 1. The van der Waals surface area contributed by atoms with Crippen LogP contribution in [0.4, 0.5) is 4.79 Å². The van der Waals surface area contributed by atoms with Crippen molar-refractivity contribution >= 4 is 12.0 Å². The summed E-state index contributed by atoms with van der Waals surface area (Å²) in [7, 11) is 3.12. The van der Waals surface area contributed by atoms with Crippen molar-refractivity contribution in [2.75, 3.05) is 33.9 Å². The van der Waals surface area contributed by atoms with E-state index >= 15 is 0 Å². The van der Waals surface area contributed by atoms with Crippen molar-refractivity contribution in [3.05, 3.63) is 60.4 Å². The fourth-order valence-corrected chi connectivity index (χ4v) is 3.08. The summed E-state index contributed by atoms with van der Waals surface area (Å²) in [6.07, 6.45) is 1.27. The monoisotopic (exact) mass is 438 g/mol. The van der Waals surface area contributed by atoms with E-state index in [4.69, 9.17) is 14.2 Å². The molecule has 0 fully saturated rings. The van der Waals surface area contributed by atoms with E-state index < -0.39 is 6.09 Å². The van der Waals surface area contributed by atoms with Crippen LogP contribution in [0.25, 0.3) is 16.8 Å². The summed E-state index contributed by atoms with van der Waals surface area (Å²) in [6.45, 7) is 2.46. The van der Waals surface area contributed by atoms with Crippen LogP contribution in [0.1, 0.15) is 17.4 Å². The van der Waals surface area contributed by atoms with E-state index in [2.05, 4.69) is 15.7 Å². The van der Waals surface area contributed by atoms with E-state index in [9.17, 15) is 9.59 Å². The predicted molar refractivity (Wildman–Crippen MR) is 119 cm³/mol. The molecule has 32 heavy (non-hydrogen) atoms. The number of para-hydroxylation sites is 1. The molecule has 0 radical (unpaired) electrons. The number of hydrogen-bond acceptors (Lipinski definition) is 6. The van der Waals surface area contributed by atoms with Crippen molar-refractivity contribution < 1.29 is 23.8 Å². The van der Waals surface area contributed by atoms with Crippen LogP contribution < -0.4 is 20.1 Å². The molecular formula is C23H26N4O5. The highest BCUT2D eigenvalue weighted by Crippen LogP contribution is 2.33. The summed E-state index contributed by atoms with van der Waals surface area (Å²) in [4.78, 5) is 24.3. The Bertz CT molecular complexity index is 1070. The number of hydrogen-bond donors (Lipinski definition) is 2. The van der Waals surface area contributed by atoms with E-state index in [1.165, 1.54) is 0 Å². The highest BCUT2D eigenvalue weighted by atomic mass is 16.5. The Hall–Kier alpha value is -4.01. The lowest BCUT2D eigenvalue weighted by molar-refractivity contribution is 0.0947. The van der Waals surface area contributed by atoms with Crippen LogP contribution in [0, 0.1) is 0 Å². The highest BCUT2D eigenvalue weighted by Gasteiger charge is 2.20. The molecular weight excluding hydrogens is 412 g/mol. The maximum Gasteiger partial charge on any atom is 0.407 e. The maximum absolute atomic E-state index is 12.9. The lowest BCUT2D eigenvalue weighted by Gasteiger charge is -2.10. The number of amides is 2. The molecule has 0 saturated heterocycles. The van der Waals surface area contributed by atoms with Crippen molar-refractivity contribution in [1.29, 1.82) is 0 Å². The minimum atomic E-state index is -0.527.